The lowest BCUT2D eigenvalue weighted by atomic mass is 10.2. The smallest absolute Gasteiger partial charge is 0.325 e. The molecule has 0 unspecified atom stereocenters. The Morgan fingerprint density at radius 2 is 1.81 bits per heavy atom. The Morgan fingerprint density at radius 3 is 2.43 bits per heavy atom. The molecule has 0 aliphatic rings. The highest BCUT2D eigenvalue weighted by molar-refractivity contribution is 6.30. The summed E-state index contributed by atoms with van der Waals surface area (Å²) in [7, 11) is 0. The van der Waals surface area contributed by atoms with Crippen molar-refractivity contribution in [3.05, 3.63) is 34.9 Å². The molecule has 0 saturated carbocycles. The van der Waals surface area contributed by atoms with Gasteiger partial charge in [-0.15, -0.1) is 0 Å². The van der Waals surface area contributed by atoms with Gasteiger partial charge >= 0.3 is 5.97 Å². The van der Waals surface area contributed by atoms with E-state index in [0.717, 1.165) is 6.42 Å². The lowest BCUT2D eigenvalue weighted by Crippen LogP contribution is -2.34. The third kappa shape index (κ3) is 6.76. The van der Waals surface area contributed by atoms with Crippen molar-refractivity contribution in [2.24, 2.45) is 0 Å². The van der Waals surface area contributed by atoms with Gasteiger partial charge in [-0.3, -0.25) is 14.4 Å². The number of amides is 2. The van der Waals surface area contributed by atoms with E-state index in [9.17, 15) is 14.4 Å². The molecule has 21 heavy (non-hydrogen) atoms. The zero-order valence-corrected chi connectivity index (χ0v) is 12.4. The van der Waals surface area contributed by atoms with Crippen LogP contribution in [0.1, 0.15) is 23.7 Å². The molecule has 1 aromatic rings. The SMILES string of the molecule is CCCNC(=O)COC(=O)CNC(=O)c1ccc(Cl)cc1. The number of hydrogen-bond donors (Lipinski definition) is 2. The molecule has 0 fully saturated rings. The standard InChI is InChI=1S/C14H17ClN2O4/c1-2-7-16-12(18)9-21-13(19)8-17-14(20)10-3-5-11(15)6-4-10/h3-6H,2,7-9H2,1H3,(H,16,18)(H,17,20). The maximum Gasteiger partial charge on any atom is 0.325 e. The van der Waals surface area contributed by atoms with Gasteiger partial charge in [0.1, 0.15) is 6.54 Å². The molecule has 1 rings (SSSR count). The molecule has 2 amide bonds. The molecule has 114 valence electrons. The number of carbonyl (C=O) groups excluding carboxylic acids is 3. The number of ether oxygens (including phenoxy) is 1. The summed E-state index contributed by atoms with van der Waals surface area (Å²) in [6.45, 7) is 1.79. The molecule has 0 aromatic heterocycles. The summed E-state index contributed by atoms with van der Waals surface area (Å²) in [4.78, 5) is 34.3. The second kappa shape index (κ2) is 8.97. The molecule has 0 aliphatic carbocycles. The minimum atomic E-state index is -0.677. The maximum absolute atomic E-state index is 11.7. The summed E-state index contributed by atoms with van der Waals surface area (Å²) in [5.41, 5.74) is 0.382. The first-order valence-corrected chi connectivity index (χ1v) is 6.86. The van der Waals surface area contributed by atoms with Crippen LogP contribution in [-0.4, -0.2) is 37.5 Å². The van der Waals surface area contributed by atoms with E-state index < -0.39 is 11.9 Å². The van der Waals surface area contributed by atoms with E-state index in [0.29, 0.717) is 17.1 Å². The van der Waals surface area contributed by atoms with Gasteiger partial charge in [0.15, 0.2) is 6.61 Å². The van der Waals surface area contributed by atoms with Crippen LogP contribution in [0.5, 0.6) is 0 Å². The van der Waals surface area contributed by atoms with E-state index in [2.05, 4.69) is 10.6 Å². The van der Waals surface area contributed by atoms with Gasteiger partial charge in [-0.1, -0.05) is 18.5 Å². The predicted molar refractivity (Wildman–Crippen MR) is 78.0 cm³/mol. The van der Waals surface area contributed by atoms with E-state index >= 15 is 0 Å². The highest BCUT2D eigenvalue weighted by atomic mass is 35.5. The third-order valence-electron chi connectivity index (χ3n) is 2.44. The summed E-state index contributed by atoms with van der Waals surface area (Å²) in [6, 6.07) is 6.24. The summed E-state index contributed by atoms with van der Waals surface area (Å²) in [5, 5.41) is 5.48. The molecule has 0 heterocycles. The van der Waals surface area contributed by atoms with E-state index in [1.165, 1.54) is 0 Å². The Morgan fingerprint density at radius 1 is 1.14 bits per heavy atom. The monoisotopic (exact) mass is 312 g/mol. The normalized spacial score (nSPS) is 9.81. The number of nitrogens with one attached hydrogen (secondary N) is 2. The molecule has 0 aliphatic heterocycles. The zero-order valence-electron chi connectivity index (χ0n) is 11.6. The van der Waals surface area contributed by atoms with Gasteiger partial charge < -0.3 is 15.4 Å². The van der Waals surface area contributed by atoms with E-state index in [1.807, 2.05) is 6.92 Å². The Labute approximate surface area is 127 Å². The minimum absolute atomic E-state index is 0.303. The molecular formula is C14H17ClN2O4. The van der Waals surface area contributed by atoms with Crippen LogP contribution >= 0.6 is 11.6 Å². The van der Waals surface area contributed by atoms with Gasteiger partial charge in [-0.2, -0.15) is 0 Å². The first-order chi connectivity index (χ1) is 10.0. The largest absolute Gasteiger partial charge is 0.454 e. The van der Waals surface area contributed by atoms with Crippen molar-refractivity contribution >= 4 is 29.4 Å². The number of rotatable bonds is 7. The first-order valence-electron chi connectivity index (χ1n) is 6.49. The van der Waals surface area contributed by atoms with Crippen molar-refractivity contribution in [3.63, 3.8) is 0 Å². The zero-order chi connectivity index (χ0) is 15.7. The maximum atomic E-state index is 11.7. The van der Waals surface area contributed by atoms with Gasteiger partial charge in [0.05, 0.1) is 0 Å². The Balaban J connectivity index is 2.28. The van der Waals surface area contributed by atoms with E-state index in [4.69, 9.17) is 16.3 Å². The lowest BCUT2D eigenvalue weighted by Gasteiger charge is -2.07. The van der Waals surface area contributed by atoms with Crippen LogP contribution in [0.2, 0.25) is 5.02 Å². The minimum Gasteiger partial charge on any atom is -0.454 e. The van der Waals surface area contributed by atoms with Crippen LogP contribution in [0.15, 0.2) is 24.3 Å². The molecular weight excluding hydrogens is 296 g/mol. The molecule has 1 aromatic carbocycles. The number of halogens is 1. The molecule has 6 nitrogen and oxygen atoms in total. The Kier molecular flexibility index (Phi) is 7.25. The molecule has 0 bridgehead atoms. The number of carbonyl (C=O) groups is 3. The topological polar surface area (TPSA) is 84.5 Å². The van der Waals surface area contributed by atoms with Crippen LogP contribution in [0, 0.1) is 0 Å². The molecule has 0 spiro atoms. The van der Waals surface area contributed by atoms with Gasteiger partial charge in [0.2, 0.25) is 0 Å². The second-order valence-electron chi connectivity index (χ2n) is 4.20. The number of esters is 1. The third-order valence-corrected chi connectivity index (χ3v) is 2.69. The van der Waals surface area contributed by atoms with Gasteiger partial charge in [0.25, 0.3) is 11.8 Å². The van der Waals surface area contributed by atoms with E-state index in [1.54, 1.807) is 24.3 Å². The van der Waals surface area contributed by atoms with Gasteiger partial charge in [0, 0.05) is 17.1 Å². The van der Waals surface area contributed by atoms with Crippen LogP contribution in [0.4, 0.5) is 0 Å². The molecule has 0 radical (unpaired) electrons. The molecule has 0 saturated heterocycles. The van der Waals surface area contributed by atoms with Crippen molar-refractivity contribution in [2.75, 3.05) is 19.7 Å². The highest BCUT2D eigenvalue weighted by Crippen LogP contribution is 2.09. The van der Waals surface area contributed by atoms with Crippen LogP contribution in [-0.2, 0) is 14.3 Å². The lowest BCUT2D eigenvalue weighted by molar-refractivity contribution is -0.147. The quantitative estimate of drug-likeness (QED) is 0.739. The van der Waals surface area contributed by atoms with E-state index in [-0.39, 0.29) is 19.1 Å². The average Bonchev–Trinajstić information content (AvgIpc) is 2.49. The van der Waals surface area contributed by atoms with Crippen LogP contribution in [0.3, 0.4) is 0 Å². The molecule has 2 N–H and O–H groups in total. The van der Waals surface area contributed by atoms with Crippen LogP contribution < -0.4 is 10.6 Å². The van der Waals surface area contributed by atoms with Crippen molar-refractivity contribution in [1.82, 2.24) is 10.6 Å². The summed E-state index contributed by atoms with van der Waals surface area (Å²) >= 11 is 5.71. The van der Waals surface area contributed by atoms with Crippen LogP contribution in [0.25, 0.3) is 0 Å². The average molecular weight is 313 g/mol. The predicted octanol–water partition coefficient (Wildman–Crippen LogP) is 1.14. The molecule has 7 heteroatoms. The first kappa shape index (κ1) is 17.0. The van der Waals surface area contributed by atoms with Gasteiger partial charge in [-0.25, -0.2) is 0 Å². The fourth-order valence-electron chi connectivity index (χ4n) is 1.37. The van der Waals surface area contributed by atoms with Crippen molar-refractivity contribution in [3.8, 4) is 0 Å². The second-order valence-corrected chi connectivity index (χ2v) is 4.64. The summed E-state index contributed by atoms with van der Waals surface area (Å²) in [5.74, 6) is -1.46. The van der Waals surface area contributed by atoms with Crippen molar-refractivity contribution in [1.29, 1.82) is 0 Å². The van der Waals surface area contributed by atoms with Gasteiger partial charge in [-0.05, 0) is 30.7 Å². The molecule has 0 atom stereocenters. The number of hydrogen-bond acceptors (Lipinski definition) is 4. The van der Waals surface area contributed by atoms with Crippen molar-refractivity contribution < 1.29 is 19.1 Å². The number of benzene rings is 1. The summed E-state index contributed by atoms with van der Waals surface area (Å²) in [6.07, 6.45) is 0.802. The Hall–Kier alpha value is -2.08. The fourth-order valence-corrected chi connectivity index (χ4v) is 1.49. The Bertz CT molecular complexity index is 502. The van der Waals surface area contributed by atoms with Crippen molar-refractivity contribution in [2.45, 2.75) is 13.3 Å². The summed E-state index contributed by atoms with van der Waals surface area (Å²) < 4.78 is 4.72. The highest BCUT2D eigenvalue weighted by Gasteiger charge is 2.10. The fraction of sp³-hybridized carbons (Fsp3) is 0.357.